The molecule has 0 unspecified atom stereocenters. The van der Waals surface area contributed by atoms with E-state index in [0.717, 1.165) is 25.3 Å². The Morgan fingerprint density at radius 1 is 1.16 bits per heavy atom. The van der Waals surface area contributed by atoms with Crippen LogP contribution in [0.4, 0.5) is 0 Å². The molecule has 0 aliphatic carbocycles. The molecule has 0 amide bonds. The molecular weight excluding hydrogens is 234 g/mol. The van der Waals surface area contributed by atoms with E-state index in [2.05, 4.69) is 54.4 Å². The molecule has 1 N–H and O–H groups in total. The Kier molecular flexibility index (Phi) is 5.13. The third-order valence-corrected chi connectivity index (χ3v) is 2.97. The van der Waals surface area contributed by atoms with Crippen molar-refractivity contribution < 1.29 is 4.74 Å². The first-order chi connectivity index (χ1) is 9.27. The van der Waals surface area contributed by atoms with E-state index in [9.17, 15) is 0 Å². The van der Waals surface area contributed by atoms with Gasteiger partial charge in [0.2, 0.25) is 0 Å². The van der Waals surface area contributed by atoms with Crippen molar-refractivity contribution in [2.75, 3.05) is 19.8 Å². The maximum Gasteiger partial charge on any atom is 0.0672 e. The first-order valence-electron chi connectivity index (χ1n) is 6.67. The fraction of sp³-hybridized carbons (Fsp3) is 0.294. The highest BCUT2D eigenvalue weighted by Crippen LogP contribution is 2.17. The zero-order chi connectivity index (χ0) is 13.5. The van der Waals surface area contributed by atoms with Crippen molar-refractivity contribution in [2.45, 2.75) is 13.5 Å². The predicted molar refractivity (Wildman–Crippen MR) is 81.3 cm³/mol. The van der Waals surface area contributed by atoms with E-state index in [4.69, 9.17) is 4.74 Å². The molecule has 0 spiro atoms. The van der Waals surface area contributed by atoms with Crippen molar-refractivity contribution >= 4 is 10.8 Å². The van der Waals surface area contributed by atoms with Gasteiger partial charge in [0.05, 0.1) is 13.2 Å². The summed E-state index contributed by atoms with van der Waals surface area (Å²) in [4.78, 5) is 0. The topological polar surface area (TPSA) is 21.3 Å². The van der Waals surface area contributed by atoms with E-state index in [0.29, 0.717) is 6.61 Å². The Balaban J connectivity index is 1.83. The average molecular weight is 255 g/mol. The van der Waals surface area contributed by atoms with Crippen LogP contribution in [-0.2, 0) is 11.3 Å². The van der Waals surface area contributed by atoms with E-state index < -0.39 is 0 Å². The highest BCUT2D eigenvalue weighted by Gasteiger charge is 1.99. The molecule has 100 valence electrons. The van der Waals surface area contributed by atoms with Crippen LogP contribution in [0.3, 0.4) is 0 Å². The van der Waals surface area contributed by atoms with Crippen LogP contribution in [0, 0.1) is 0 Å². The average Bonchev–Trinajstić information content (AvgIpc) is 2.42. The lowest BCUT2D eigenvalue weighted by molar-refractivity contribution is 0.158. The predicted octanol–water partition coefficient (Wildman–Crippen LogP) is 3.52. The Hall–Kier alpha value is -1.64. The van der Waals surface area contributed by atoms with E-state index in [-0.39, 0.29) is 0 Å². The molecule has 0 saturated carbocycles. The van der Waals surface area contributed by atoms with Crippen LogP contribution in [0.2, 0.25) is 0 Å². The third-order valence-electron chi connectivity index (χ3n) is 2.97. The molecule has 2 aromatic carbocycles. The molecule has 2 rings (SSSR count). The van der Waals surface area contributed by atoms with Gasteiger partial charge < -0.3 is 10.1 Å². The number of hydrogen-bond donors (Lipinski definition) is 1. The summed E-state index contributed by atoms with van der Waals surface area (Å²) in [7, 11) is 0. The summed E-state index contributed by atoms with van der Waals surface area (Å²) >= 11 is 0. The first kappa shape index (κ1) is 13.8. The molecule has 2 aromatic rings. The number of benzene rings is 2. The number of rotatable bonds is 7. The summed E-state index contributed by atoms with van der Waals surface area (Å²) in [6.45, 7) is 8.88. The second-order valence-electron chi connectivity index (χ2n) is 4.82. The summed E-state index contributed by atoms with van der Waals surface area (Å²) < 4.78 is 5.46. The van der Waals surface area contributed by atoms with E-state index in [1.807, 2.05) is 6.92 Å². The van der Waals surface area contributed by atoms with Gasteiger partial charge in [-0.15, -0.1) is 0 Å². The van der Waals surface area contributed by atoms with Crippen molar-refractivity contribution in [1.82, 2.24) is 5.32 Å². The minimum absolute atomic E-state index is 0.649. The van der Waals surface area contributed by atoms with Gasteiger partial charge in [-0.25, -0.2) is 0 Å². The van der Waals surface area contributed by atoms with Crippen LogP contribution in [0.1, 0.15) is 12.5 Å². The van der Waals surface area contributed by atoms with Gasteiger partial charge >= 0.3 is 0 Å². The Morgan fingerprint density at radius 2 is 1.95 bits per heavy atom. The first-order valence-corrected chi connectivity index (χ1v) is 6.67. The summed E-state index contributed by atoms with van der Waals surface area (Å²) in [6.07, 6.45) is 0. The quantitative estimate of drug-likeness (QED) is 0.603. The molecule has 0 bridgehead atoms. The SMILES string of the molecule is C=C(C)COCCNCc1cccc2ccccc12. The summed E-state index contributed by atoms with van der Waals surface area (Å²) in [6, 6.07) is 14.9. The second kappa shape index (κ2) is 7.07. The molecule has 19 heavy (non-hydrogen) atoms. The number of fused-ring (bicyclic) bond motifs is 1. The fourth-order valence-electron chi connectivity index (χ4n) is 2.06. The highest BCUT2D eigenvalue weighted by atomic mass is 16.5. The summed E-state index contributed by atoms with van der Waals surface area (Å²) in [5.74, 6) is 0. The molecule has 0 aliphatic rings. The van der Waals surface area contributed by atoms with Crippen LogP contribution < -0.4 is 5.32 Å². The standard InChI is InChI=1S/C17H21NO/c1-14(2)13-19-11-10-18-12-16-8-5-7-15-6-3-4-9-17(15)16/h3-9,18H,1,10-13H2,2H3. The molecule has 0 heterocycles. The van der Waals surface area contributed by atoms with Crippen LogP contribution in [0.5, 0.6) is 0 Å². The largest absolute Gasteiger partial charge is 0.376 e. The Morgan fingerprint density at radius 3 is 2.79 bits per heavy atom. The van der Waals surface area contributed by atoms with Gasteiger partial charge in [-0.05, 0) is 23.3 Å². The lowest BCUT2D eigenvalue weighted by atomic mass is 10.0. The Labute approximate surface area is 115 Å². The maximum atomic E-state index is 5.46. The van der Waals surface area contributed by atoms with E-state index >= 15 is 0 Å². The van der Waals surface area contributed by atoms with E-state index in [1.54, 1.807) is 0 Å². The van der Waals surface area contributed by atoms with Gasteiger partial charge in [0.25, 0.3) is 0 Å². The lowest BCUT2D eigenvalue weighted by Gasteiger charge is -2.08. The zero-order valence-corrected chi connectivity index (χ0v) is 11.5. The third kappa shape index (κ3) is 4.19. The molecule has 0 aliphatic heterocycles. The zero-order valence-electron chi connectivity index (χ0n) is 11.5. The molecule has 0 aromatic heterocycles. The van der Waals surface area contributed by atoms with Crippen LogP contribution in [-0.4, -0.2) is 19.8 Å². The molecule has 0 atom stereocenters. The molecule has 0 saturated heterocycles. The fourth-order valence-corrected chi connectivity index (χ4v) is 2.06. The highest BCUT2D eigenvalue weighted by molar-refractivity contribution is 5.85. The van der Waals surface area contributed by atoms with Gasteiger partial charge in [0.15, 0.2) is 0 Å². The molecular formula is C17H21NO. The minimum Gasteiger partial charge on any atom is -0.376 e. The van der Waals surface area contributed by atoms with Gasteiger partial charge in [-0.1, -0.05) is 54.6 Å². The van der Waals surface area contributed by atoms with Gasteiger partial charge in [0.1, 0.15) is 0 Å². The van der Waals surface area contributed by atoms with Gasteiger partial charge in [-0.2, -0.15) is 0 Å². The van der Waals surface area contributed by atoms with Crippen molar-refractivity contribution in [3.63, 3.8) is 0 Å². The number of ether oxygens (including phenoxy) is 1. The van der Waals surface area contributed by atoms with Gasteiger partial charge in [-0.3, -0.25) is 0 Å². The second-order valence-corrected chi connectivity index (χ2v) is 4.82. The van der Waals surface area contributed by atoms with E-state index in [1.165, 1.54) is 16.3 Å². The Bertz CT molecular complexity index is 542. The van der Waals surface area contributed by atoms with Gasteiger partial charge in [0, 0.05) is 13.1 Å². The summed E-state index contributed by atoms with van der Waals surface area (Å²) in [5, 5.41) is 6.02. The van der Waals surface area contributed by atoms with Crippen LogP contribution in [0.15, 0.2) is 54.6 Å². The molecule has 2 heteroatoms. The number of nitrogens with one attached hydrogen (secondary N) is 1. The monoisotopic (exact) mass is 255 g/mol. The smallest absolute Gasteiger partial charge is 0.0672 e. The molecule has 0 fully saturated rings. The minimum atomic E-state index is 0.649. The van der Waals surface area contributed by atoms with Crippen molar-refractivity contribution in [3.05, 3.63) is 60.2 Å². The van der Waals surface area contributed by atoms with Crippen LogP contribution >= 0.6 is 0 Å². The number of hydrogen-bond acceptors (Lipinski definition) is 2. The summed E-state index contributed by atoms with van der Waals surface area (Å²) in [5.41, 5.74) is 2.40. The lowest BCUT2D eigenvalue weighted by Crippen LogP contribution is -2.19. The van der Waals surface area contributed by atoms with Crippen molar-refractivity contribution in [2.24, 2.45) is 0 Å². The molecule has 2 nitrogen and oxygen atoms in total. The van der Waals surface area contributed by atoms with Crippen molar-refractivity contribution in [3.8, 4) is 0 Å². The van der Waals surface area contributed by atoms with Crippen LogP contribution in [0.25, 0.3) is 10.8 Å². The maximum absolute atomic E-state index is 5.46. The van der Waals surface area contributed by atoms with Crippen molar-refractivity contribution in [1.29, 1.82) is 0 Å². The normalized spacial score (nSPS) is 10.8. The molecule has 0 radical (unpaired) electrons.